The van der Waals surface area contributed by atoms with Crippen molar-refractivity contribution in [3.63, 3.8) is 0 Å². The molecule has 1 aliphatic heterocycles. The lowest BCUT2D eigenvalue weighted by Gasteiger charge is -2.36. The highest BCUT2D eigenvalue weighted by molar-refractivity contribution is 7.88. The minimum Gasteiger partial charge on any atom is -0.481 e. The number of carbonyl (C=O) groups excluding carboxylic acids is 1. The summed E-state index contributed by atoms with van der Waals surface area (Å²) in [6, 6.07) is 8.55. The SMILES string of the molecule is CC(Oc1ccc(C#N)cc1)C(=O)N1CCC(N(C)S(C)(=O)=O)CC1. The van der Waals surface area contributed by atoms with E-state index in [9.17, 15) is 13.2 Å². The van der Waals surface area contributed by atoms with Crippen molar-refractivity contribution < 1.29 is 17.9 Å². The number of sulfonamides is 1. The maximum absolute atomic E-state index is 12.5. The van der Waals surface area contributed by atoms with E-state index in [-0.39, 0.29) is 11.9 Å². The van der Waals surface area contributed by atoms with Gasteiger partial charge in [-0.2, -0.15) is 5.26 Å². The van der Waals surface area contributed by atoms with Crippen LogP contribution in [0.5, 0.6) is 5.75 Å². The summed E-state index contributed by atoms with van der Waals surface area (Å²) in [5.41, 5.74) is 0.531. The van der Waals surface area contributed by atoms with Crippen molar-refractivity contribution in [2.45, 2.75) is 31.9 Å². The number of nitrogens with zero attached hydrogens (tertiary/aromatic N) is 3. The fourth-order valence-electron chi connectivity index (χ4n) is 2.84. The zero-order valence-corrected chi connectivity index (χ0v) is 15.5. The Morgan fingerprint density at radius 1 is 1.32 bits per heavy atom. The van der Waals surface area contributed by atoms with Crippen LogP contribution in [0.3, 0.4) is 0 Å². The van der Waals surface area contributed by atoms with Gasteiger partial charge in [-0.3, -0.25) is 4.79 Å². The molecule has 2 rings (SSSR count). The first-order valence-electron chi connectivity index (χ1n) is 8.11. The van der Waals surface area contributed by atoms with Gasteiger partial charge in [0.25, 0.3) is 5.91 Å². The first-order valence-corrected chi connectivity index (χ1v) is 9.96. The van der Waals surface area contributed by atoms with Gasteiger partial charge >= 0.3 is 0 Å². The highest BCUT2D eigenvalue weighted by Crippen LogP contribution is 2.20. The Hall–Kier alpha value is -2.11. The van der Waals surface area contributed by atoms with Gasteiger partial charge in [0.1, 0.15) is 5.75 Å². The molecule has 1 aromatic rings. The van der Waals surface area contributed by atoms with Crippen LogP contribution in [-0.2, 0) is 14.8 Å². The first kappa shape index (κ1) is 19.2. The lowest BCUT2D eigenvalue weighted by molar-refractivity contribution is -0.139. The molecule has 136 valence electrons. The van der Waals surface area contributed by atoms with Crippen molar-refractivity contribution in [1.29, 1.82) is 5.26 Å². The molecule has 0 aliphatic carbocycles. The molecular weight excluding hydrogens is 342 g/mol. The molecule has 1 aliphatic rings. The van der Waals surface area contributed by atoms with Gasteiger partial charge in [-0.15, -0.1) is 0 Å². The number of benzene rings is 1. The van der Waals surface area contributed by atoms with Gasteiger partial charge in [0.2, 0.25) is 10.0 Å². The van der Waals surface area contributed by atoms with Crippen LogP contribution < -0.4 is 4.74 Å². The number of piperidine rings is 1. The van der Waals surface area contributed by atoms with E-state index in [1.165, 1.54) is 10.6 Å². The first-order chi connectivity index (χ1) is 11.7. The molecule has 0 saturated carbocycles. The van der Waals surface area contributed by atoms with Crippen molar-refractivity contribution in [2.75, 3.05) is 26.4 Å². The van der Waals surface area contributed by atoms with E-state index in [1.54, 1.807) is 43.1 Å². The third-order valence-electron chi connectivity index (χ3n) is 4.46. The zero-order valence-electron chi connectivity index (χ0n) is 14.7. The Kier molecular flexibility index (Phi) is 6.03. The molecule has 0 N–H and O–H groups in total. The smallest absolute Gasteiger partial charge is 0.263 e. The second kappa shape index (κ2) is 7.85. The standard InChI is InChI=1S/C17H23N3O4S/c1-13(24-16-6-4-14(12-18)5-7-16)17(21)20-10-8-15(9-11-20)19(2)25(3,22)23/h4-7,13,15H,8-11H2,1-3H3. The van der Waals surface area contributed by atoms with Crippen LogP contribution in [0.2, 0.25) is 0 Å². The molecule has 0 radical (unpaired) electrons. The molecule has 7 nitrogen and oxygen atoms in total. The van der Waals surface area contributed by atoms with E-state index in [2.05, 4.69) is 0 Å². The predicted molar refractivity (Wildman–Crippen MR) is 93.5 cm³/mol. The second-order valence-electron chi connectivity index (χ2n) is 6.23. The summed E-state index contributed by atoms with van der Waals surface area (Å²) in [5.74, 6) is 0.413. The minimum absolute atomic E-state index is 0.0752. The van der Waals surface area contributed by atoms with Crippen molar-refractivity contribution >= 4 is 15.9 Å². The molecule has 0 spiro atoms. The van der Waals surface area contributed by atoms with E-state index in [1.807, 2.05) is 6.07 Å². The largest absolute Gasteiger partial charge is 0.481 e. The molecule has 8 heteroatoms. The third-order valence-corrected chi connectivity index (χ3v) is 5.80. The van der Waals surface area contributed by atoms with Crippen LogP contribution in [0.15, 0.2) is 24.3 Å². The van der Waals surface area contributed by atoms with Crippen LogP contribution in [0, 0.1) is 11.3 Å². The van der Waals surface area contributed by atoms with E-state index in [4.69, 9.17) is 10.00 Å². The lowest BCUT2D eigenvalue weighted by atomic mass is 10.0. The number of nitriles is 1. The molecule has 1 heterocycles. The molecule has 25 heavy (non-hydrogen) atoms. The number of likely N-dealkylation sites (tertiary alicyclic amines) is 1. The molecule has 0 bridgehead atoms. The number of hydrogen-bond donors (Lipinski definition) is 0. The van der Waals surface area contributed by atoms with Crippen LogP contribution in [0.1, 0.15) is 25.3 Å². The Balaban J connectivity index is 1.90. The van der Waals surface area contributed by atoms with Crippen molar-refractivity contribution in [3.05, 3.63) is 29.8 Å². The molecule has 1 atom stereocenters. The molecular formula is C17H23N3O4S. The van der Waals surface area contributed by atoms with Gasteiger partial charge in [0.05, 0.1) is 17.9 Å². The average Bonchev–Trinajstić information content (AvgIpc) is 2.60. The number of rotatable bonds is 5. The molecule has 1 fully saturated rings. The summed E-state index contributed by atoms with van der Waals surface area (Å²) < 4.78 is 30.2. The van der Waals surface area contributed by atoms with Gasteiger partial charge in [0.15, 0.2) is 6.10 Å². The van der Waals surface area contributed by atoms with E-state index >= 15 is 0 Å². The Morgan fingerprint density at radius 2 is 1.88 bits per heavy atom. The zero-order chi connectivity index (χ0) is 18.6. The van der Waals surface area contributed by atoms with Gasteiger partial charge in [-0.05, 0) is 44.0 Å². The van der Waals surface area contributed by atoms with Crippen LogP contribution in [-0.4, -0.2) is 62.1 Å². The predicted octanol–water partition coefficient (Wildman–Crippen LogP) is 1.21. The quantitative estimate of drug-likeness (QED) is 0.782. The van der Waals surface area contributed by atoms with Crippen LogP contribution in [0.4, 0.5) is 0 Å². The van der Waals surface area contributed by atoms with E-state index < -0.39 is 16.1 Å². The number of carbonyl (C=O) groups is 1. The van der Waals surface area contributed by atoms with Crippen LogP contribution >= 0.6 is 0 Å². The summed E-state index contributed by atoms with van der Waals surface area (Å²) in [6.07, 6.45) is 1.77. The van der Waals surface area contributed by atoms with Gasteiger partial charge < -0.3 is 9.64 Å². The second-order valence-corrected chi connectivity index (χ2v) is 8.27. The van der Waals surface area contributed by atoms with E-state index in [0.29, 0.717) is 37.2 Å². The summed E-state index contributed by atoms with van der Waals surface area (Å²) in [4.78, 5) is 14.2. The van der Waals surface area contributed by atoms with Crippen molar-refractivity contribution in [3.8, 4) is 11.8 Å². The normalized spacial score (nSPS) is 17.2. The van der Waals surface area contributed by atoms with Crippen molar-refractivity contribution in [1.82, 2.24) is 9.21 Å². The topological polar surface area (TPSA) is 90.7 Å². The third kappa shape index (κ3) is 4.94. The summed E-state index contributed by atoms with van der Waals surface area (Å²) >= 11 is 0. The number of ether oxygens (including phenoxy) is 1. The number of amides is 1. The lowest BCUT2D eigenvalue weighted by Crippen LogP contribution is -2.49. The monoisotopic (exact) mass is 365 g/mol. The van der Waals surface area contributed by atoms with E-state index in [0.717, 1.165) is 0 Å². The maximum Gasteiger partial charge on any atom is 0.263 e. The van der Waals surface area contributed by atoms with Gasteiger partial charge in [-0.1, -0.05) is 0 Å². The molecule has 1 saturated heterocycles. The fraction of sp³-hybridized carbons (Fsp3) is 0.529. The minimum atomic E-state index is -3.22. The highest BCUT2D eigenvalue weighted by Gasteiger charge is 2.31. The summed E-state index contributed by atoms with van der Waals surface area (Å²) in [6.45, 7) is 2.70. The number of hydrogen-bond acceptors (Lipinski definition) is 5. The summed E-state index contributed by atoms with van der Waals surface area (Å²) in [5, 5.41) is 8.79. The maximum atomic E-state index is 12.5. The molecule has 1 amide bonds. The molecule has 1 unspecified atom stereocenters. The molecule has 1 aromatic carbocycles. The van der Waals surface area contributed by atoms with Gasteiger partial charge in [0, 0.05) is 26.2 Å². The van der Waals surface area contributed by atoms with Crippen molar-refractivity contribution in [2.24, 2.45) is 0 Å². The summed E-state index contributed by atoms with van der Waals surface area (Å²) in [7, 11) is -1.64. The Morgan fingerprint density at radius 3 is 2.36 bits per heavy atom. The van der Waals surface area contributed by atoms with Gasteiger partial charge in [-0.25, -0.2) is 12.7 Å². The van der Waals surface area contributed by atoms with Crippen LogP contribution in [0.25, 0.3) is 0 Å². The highest BCUT2D eigenvalue weighted by atomic mass is 32.2. The Labute approximate surface area is 148 Å². The Bertz CT molecular complexity index is 747. The fourth-order valence-corrected chi connectivity index (χ4v) is 3.59. The molecule has 0 aromatic heterocycles. The average molecular weight is 365 g/mol.